The number of hydrogen-bond acceptors (Lipinski definition) is 6. The van der Waals surface area contributed by atoms with E-state index in [2.05, 4.69) is 10.5 Å². The average Bonchev–Trinajstić information content (AvgIpc) is 3.30. The number of fused-ring (bicyclic) bond motifs is 1. The molecule has 0 spiro atoms. The fourth-order valence-electron chi connectivity index (χ4n) is 3.65. The number of thiophene rings is 1. The molecule has 10 heteroatoms. The summed E-state index contributed by atoms with van der Waals surface area (Å²) in [6.45, 7) is 0.267. The maximum Gasteiger partial charge on any atom is 0.355 e. The van der Waals surface area contributed by atoms with E-state index in [9.17, 15) is 9.59 Å². The number of hydrazone groups is 1. The van der Waals surface area contributed by atoms with Crippen LogP contribution in [0.2, 0.25) is 15.1 Å². The number of halogens is 3. The molecule has 1 heterocycles. The molecule has 0 aliphatic carbocycles. The number of ether oxygens (including phenoxy) is 2. The minimum absolute atomic E-state index is 0.267. The topological polar surface area (TPSA) is 77.0 Å². The highest BCUT2D eigenvalue weighted by molar-refractivity contribution is 7.21. The molecule has 5 aromatic rings. The number of benzene rings is 4. The van der Waals surface area contributed by atoms with Gasteiger partial charge in [0.2, 0.25) is 0 Å². The SMILES string of the molecule is O=C(N/N=C/c1ccc(OC(=O)c2sc3ccccc3c2Cl)cc1)c1ccc(OCc2ccc(Cl)cc2Cl)cc1. The van der Waals surface area contributed by atoms with Gasteiger partial charge in [0.05, 0.1) is 11.2 Å². The van der Waals surface area contributed by atoms with Crippen LogP contribution >= 0.6 is 46.1 Å². The standard InChI is InChI=1S/C30H19Cl3N2O4S/c31-21-10-7-20(25(32)15-21)17-38-22-13-8-19(9-14-22)29(36)35-34-16-18-5-11-23(12-6-18)39-30(37)28-27(33)24-3-1-2-4-26(24)40-28/h1-16H,17H2,(H,35,36)/b34-16+. The first-order chi connectivity index (χ1) is 19.4. The Morgan fingerprint density at radius 2 is 1.60 bits per heavy atom. The van der Waals surface area contributed by atoms with Crippen LogP contribution < -0.4 is 14.9 Å². The fourth-order valence-corrected chi connectivity index (χ4v) is 5.50. The van der Waals surface area contributed by atoms with E-state index in [-0.39, 0.29) is 12.5 Å². The third kappa shape index (κ3) is 6.63. The van der Waals surface area contributed by atoms with Gasteiger partial charge in [-0.2, -0.15) is 5.10 Å². The van der Waals surface area contributed by atoms with Gasteiger partial charge in [0.1, 0.15) is 23.0 Å². The molecule has 0 unspecified atom stereocenters. The van der Waals surface area contributed by atoms with Crippen LogP contribution in [0.15, 0.2) is 96.1 Å². The highest BCUT2D eigenvalue weighted by Crippen LogP contribution is 2.35. The van der Waals surface area contributed by atoms with Gasteiger partial charge in [-0.3, -0.25) is 4.79 Å². The van der Waals surface area contributed by atoms with Crippen molar-refractivity contribution in [3.05, 3.63) is 128 Å². The summed E-state index contributed by atoms with van der Waals surface area (Å²) in [6, 6.07) is 26.1. The summed E-state index contributed by atoms with van der Waals surface area (Å²) in [7, 11) is 0. The molecule has 4 aromatic carbocycles. The monoisotopic (exact) mass is 608 g/mol. The minimum atomic E-state index is -0.523. The Morgan fingerprint density at radius 1 is 0.875 bits per heavy atom. The van der Waals surface area contributed by atoms with Gasteiger partial charge in [0, 0.05) is 31.3 Å². The second-order valence-electron chi connectivity index (χ2n) is 8.45. The molecule has 0 radical (unpaired) electrons. The second kappa shape index (κ2) is 12.5. The largest absolute Gasteiger partial charge is 0.489 e. The Balaban J connectivity index is 1.12. The van der Waals surface area contributed by atoms with Crippen LogP contribution in [0.3, 0.4) is 0 Å². The molecule has 6 nitrogen and oxygen atoms in total. The number of esters is 1. The number of carbonyl (C=O) groups excluding carboxylic acids is 2. The van der Waals surface area contributed by atoms with E-state index < -0.39 is 5.97 Å². The molecule has 5 rings (SSSR count). The Kier molecular flexibility index (Phi) is 8.67. The second-order valence-corrected chi connectivity index (χ2v) is 10.7. The number of nitrogens with one attached hydrogen (secondary N) is 1. The Bertz CT molecular complexity index is 1720. The molecule has 40 heavy (non-hydrogen) atoms. The fraction of sp³-hybridized carbons (Fsp3) is 0.0333. The van der Waals surface area contributed by atoms with E-state index in [0.717, 1.165) is 15.6 Å². The highest BCUT2D eigenvalue weighted by Gasteiger charge is 2.19. The Morgan fingerprint density at radius 3 is 2.33 bits per heavy atom. The van der Waals surface area contributed by atoms with E-state index in [1.807, 2.05) is 24.3 Å². The molecular formula is C30H19Cl3N2O4S. The minimum Gasteiger partial charge on any atom is -0.489 e. The van der Waals surface area contributed by atoms with Crippen LogP contribution in [0.25, 0.3) is 10.1 Å². The molecule has 0 bridgehead atoms. The molecule has 1 N–H and O–H groups in total. The van der Waals surface area contributed by atoms with Gasteiger partial charge in [0.15, 0.2) is 0 Å². The summed E-state index contributed by atoms with van der Waals surface area (Å²) in [6.07, 6.45) is 1.49. The number of nitrogens with zero attached hydrogens (tertiary/aromatic N) is 1. The van der Waals surface area contributed by atoms with Crippen LogP contribution in [0.4, 0.5) is 0 Å². The van der Waals surface area contributed by atoms with Crippen molar-refractivity contribution in [2.45, 2.75) is 6.61 Å². The predicted molar refractivity (Wildman–Crippen MR) is 161 cm³/mol. The Labute approximate surface area is 248 Å². The summed E-state index contributed by atoms with van der Waals surface area (Å²) in [5.74, 6) is 0.0428. The van der Waals surface area contributed by atoms with E-state index in [1.165, 1.54) is 17.6 Å². The number of rotatable bonds is 8. The van der Waals surface area contributed by atoms with Crippen molar-refractivity contribution in [3.8, 4) is 11.5 Å². The lowest BCUT2D eigenvalue weighted by Crippen LogP contribution is -2.17. The molecule has 0 aliphatic heterocycles. The van der Waals surface area contributed by atoms with Crippen LogP contribution in [-0.4, -0.2) is 18.1 Å². The van der Waals surface area contributed by atoms with E-state index in [1.54, 1.807) is 66.7 Å². The molecule has 200 valence electrons. The third-order valence-electron chi connectivity index (χ3n) is 5.72. The van der Waals surface area contributed by atoms with Crippen LogP contribution in [0.1, 0.15) is 31.2 Å². The zero-order valence-corrected chi connectivity index (χ0v) is 23.7. The number of amides is 1. The van der Waals surface area contributed by atoms with Gasteiger partial charge in [-0.05, 0) is 72.3 Å². The zero-order valence-electron chi connectivity index (χ0n) is 20.6. The first kappa shape index (κ1) is 27.7. The molecule has 0 saturated carbocycles. The van der Waals surface area contributed by atoms with Gasteiger partial charge in [-0.15, -0.1) is 11.3 Å². The number of hydrogen-bond donors (Lipinski definition) is 1. The van der Waals surface area contributed by atoms with Crippen LogP contribution in [0, 0.1) is 0 Å². The molecule has 0 fully saturated rings. The highest BCUT2D eigenvalue weighted by atomic mass is 35.5. The maximum absolute atomic E-state index is 12.6. The van der Waals surface area contributed by atoms with E-state index >= 15 is 0 Å². The van der Waals surface area contributed by atoms with Gasteiger partial charge in [-0.1, -0.05) is 59.1 Å². The van der Waals surface area contributed by atoms with E-state index in [4.69, 9.17) is 44.3 Å². The van der Waals surface area contributed by atoms with Gasteiger partial charge >= 0.3 is 5.97 Å². The van der Waals surface area contributed by atoms with Crippen molar-refractivity contribution >= 4 is 74.3 Å². The average molecular weight is 610 g/mol. The van der Waals surface area contributed by atoms with Crippen LogP contribution in [0.5, 0.6) is 11.5 Å². The van der Waals surface area contributed by atoms with Crippen molar-refractivity contribution in [1.29, 1.82) is 0 Å². The maximum atomic E-state index is 12.6. The Hall–Kier alpha value is -3.88. The van der Waals surface area contributed by atoms with Crippen molar-refractivity contribution in [1.82, 2.24) is 5.43 Å². The predicted octanol–water partition coefficient (Wildman–Crippen LogP) is 8.42. The first-order valence-electron chi connectivity index (χ1n) is 11.9. The smallest absolute Gasteiger partial charge is 0.355 e. The molecule has 0 atom stereocenters. The number of carbonyl (C=O) groups is 2. The molecule has 0 aliphatic rings. The molecular weight excluding hydrogens is 591 g/mol. The van der Waals surface area contributed by atoms with Crippen molar-refractivity contribution in [2.75, 3.05) is 0 Å². The lowest BCUT2D eigenvalue weighted by Gasteiger charge is -2.08. The third-order valence-corrected chi connectivity index (χ3v) is 7.96. The lowest BCUT2D eigenvalue weighted by molar-refractivity contribution is 0.0739. The summed E-state index contributed by atoms with van der Waals surface area (Å²) in [5, 5.41) is 6.28. The molecule has 1 amide bonds. The van der Waals surface area contributed by atoms with E-state index in [0.29, 0.717) is 42.6 Å². The summed E-state index contributed by atoms with van der Waals surface area (Å²) in [5.41, 5.74) is 4.40. The summed E-state index contributed by atoms with van der Waals surface area (Å²) >= 11 is 19.7. The van der Waals surface area contributed by atoms with Crippen molar-refractivity contribution < 1.29 is 19.1 Å². The van der Waals surface area contributed by atoms with Gasteiger partial charge in [0.25, 0.3) is 5.91 Å². The van der Waals surface area contributed by atoms with Crippen molar-refractivity contribution in [2.24, 2.45) is 5.10 Å². The first-order valence-corrected chi connectivity index (χ1v) is 13.8. The molecule has 0 saturated heterocycles. The summed E-state index contributed by atoms with van der Waals surface area (Å²) in [4.78, 5) is 25.4. The quantitative estimate of drug-likeness (QED) is 0.0829. The van der Waals surface area contributed by atoms with Crippen molar-refractivity contribution in [3.63, 3.8) is 0 Å². The normalized spacial score (nSPS) is 11.1. The summed E-state index contributed by atoms with van der Waals surface area (Å²) < 4.78 is 12.1. The van der Waals surface area contributed by atoms with Gasteiger partial charge < -0.3 is 9.47 Å². The molecule has 1 aromatic heterocycles. The van der Waals surface area contributed by atoms with Crippen LogP contribution in [-0.2, 0) is 6.61 Å². The lowest BCUT2D eigenvalue weighted by atomic mass is 10.2. The zero-order chi connectivity index (χ0) is 28.1. The van der Waals surface area contributed by atoms with Gasteiger partial charge in [-0.25, -0.2) is 10.2 Å².